The maximum absolute atomic E-state index is 11.8. The lowest BCUT2D eigenvalue weighted by molar-refractivity contribution is -0.130. The first kappa shape index (κ1) is 18.4. The van der Waals surface area contributed by atoms with Gasteiger partial charge in [-0.2, -0.15) is 0 Å². The first-order valence-corrected chi connectivity index (χ1v) is 6.86. The summed E-state index contributed by atoms with van der Waals surface area (Å²) >= 11 is 0. The number of aliphatic hydroxyl groups is 1. The summed E-state index contributed by atoms with van der Waals surface area (Å²) in [6, 6.07) is 6.89. The summed E-state index contributed by atoms with van der Waals surface area (Å²) in [6.45, 7) is 0.851. The minimum absolute atomic E-state index is 0.0653. The van der Waals surface area contributed by atoms with Crippen molar-refractivity contribution in [3.8, 4) is 0 Å². The molecule has 23 heavy (non-hydrogen) atoms. The van der Waals surface area contributed by atoms with Crippen LogP contribution >= 0.6 is 0 Å². The number of amides is 3. The van der Waals surface area contributed by atoms with E-state index in [2.05, 4.69) is 10.6 Å². The molecule has 0 fully saturated rings. The normalized spacial score (nSPS) is 12.7. The standard InChI is InChI=1S/C14H20N4O5/c1-9(12(20)17-11(7-19)13(21)18-15)16-14(22)23-8-10-5-3-2-4-6-10/h2-6,9,11,19H,7-8,15H2,1H3,(H,16,22)(H,17,20)(H,18,21)/t9-,11-/m0/s1. The Morgan fingerprint density at radius 3 is 2.39 bits per heavy atom. The number of alkyl carbamates (subject to hydrolysis) is 1. The van der Waals surface area contributed by atoms with Gasteiger partial charge in [-0.15, -0.1) is 0 Å². The minimum atomic E-state index is -1.20. The molecule has 0 aliphatic heterocycles. The first-order valence-electron chi connectivity index (χ1n) is 6.86. The van der Waals surface area contributed by atoms with Gasteiger partial charge in [0.15, 0.2) is 0 Å². The zero-order chi connectivity index (χ0) is 17.2. The van der Waals surface area contributed by atoms with Crippen LogP contribution in [0.15, 0.2) is 30.3 Å². The number of aliphatic hydroxyl groups excluding tert-OH is 1. The number of carbonyl (C=O) groups is 3. The Morgan fingerprint density at radius 1 is 1.17 bits per heavy atom. The van der Waals surface area contributed by atoms with Crippen LogP contribution in [0.3, 0.4) is 0 Å². The molecule has 0 aliphatic rings. The van der Waals surface area contributed by atoms with E-state index < -0.39 is 36.6 Å². The summed E-state index contributed by atoms with van der Waals surface area (Å²) < 4.78 is 4.97. The van der Waals surface area contributed by atoms with E-state index in [0.717, 1.165) is 5.56 Å². The second kappa shape index (κ2) is 9.38. The van der Waals surface area contributed by atoms with Crippen molar-refractivity contribution in [2.24, 2.45) is 5.84 Å². The fourth-order valence-corrected chi connectivity index (χ4v) is 1.60. The maximum atomic E-state index is 11.8. The lowest BCUT2D eigenvalue weighted by atomic mass is 10.2. The number of nitrogens with one attached hydrogen (secondary N) is 3. The summed E-state index contributed by atoms with van der Waals surface area (Å²) in [5.74, 6) is 3.51. The van der Waals surface area contributed by atoms with Gasteiger partial charge in [-0.25, -0.2) is 10.6 Å². The molecule has 3 amide bonds. The lowest BCUT2D eigenvalue weighted by Gasteiger charge is -2.18. The topological polar surface area (TPSA) is 143 Å². The molecule has 0 aliphatic carbocycles. The van der Waals surface area contributed by atoms with Crippen molar-refractivity contribution in [3.05, 3.63) is 35.9 Å². The van der Waals surface area contributed by atoms with Crippen molar-refractivity contribution in [1.29, 1.82) is 0 Å². The van der Waals surface area contributed by atoms with Gasteiger partial charge in [0, 0.05) is 0 Å². The number of rotatable bonds is 7. The predicted molar refractivity (Wildman–Crippen MR) is 80.6 cm³/mol. The van der Waals surface area contributed by atoms with E-state index in [1.165, 1.54) is 6.92 Å². The highest BCUT2D eigenvalue weighted by Gasteiger charge is 2.23. The Hall–Kier alpha value is -2.65. The third kappa shape index (κ3) is 6.32. The van der Waals surface area contributed by atoms with Crippen molar-refractivity contribution >= 4 is 17.9 Å². The van der Waals surface area contributed by atoms with Crippen LogP contribution in [0.2, 0.25) is 0 Å². The molecule has 6 N–H and O–H groups in total. The fourth-order valence-electron chi connectivity index (χ4n) is 1.60. The summed E-state index contributed by atoms with van der Waals surface area (Å²) in [6.07, 6.45) is -0.777. The van der Waals surface area contributed by atoms with Gasteiger partial charge < -0.3 is 20.5 Å². The van der Waals surface area contributed by atoms with Crippen molar-refractivity contribution < 1.29 is 24.2 Å². The monoisotopic (exact) mass is 324 g/mol. The number of hydrazine groups is 1. The van der Waals surface area contributed by atoms with Crippen LogP contribution in [0, 0.1) is 0 Å². The van der Waals surface area contributed by atoms with Crippen LogP contribution in [0.1, 0.15) is 12.5 Å². The van der Waals surface area contributed by atoms with E-state index in [4.69, 9.17) is 15.7 Å². The molecule has 9 heteroatoms. The molecule has 1 aromatic carbocycles. The van der Waals surface area contributed by atoms with E-state index in [0.29, 0.717) is 0 Å². The highest BCUT2D eigenvalue weighted by Crippen LogP contribution is 2.00. The smallest absolute Gasteiger partial charge is 0.408 e. The first-order chi connectivity index (χ1) is 11.0. The van der Waals surface area contributed by atoms with E-state index >= 15 is 0 Å². The summed E-state index contributed by atoms with van der Waals surface area (Å²) in [7, 11) is 0. The van der Waals surface area contributed by atoms with Gasteiger partial charge in [-0.1, -0.05) is 30.3 Å². The van der Waals surface area contributed by atoms with Gasteiger partial charge in [0.05, 0.1) is 6.61 Å². The van der Waals surface area contributed by atoms with E-state index in [1.807, 2.05) is 23.6 Å². The van der Waals surface area contributed by atoms with Crippen molar-refractivity contribution in [3.63, 3.8) is 0 Å². The number of nitrogens with two attached hydrogens (primary N) is 1. The molecule has 0 saturated heterocycles. The third-order valence-electron chi connectivity index (χ3n) is 2.90. The van der Waals surface area contributed by atoms with Crippen LogP contribution in [0.4, 0.5) is 4.79 Å². The van der Waals surface area contributed by atoms with E-state index in [1.54, 1.807) is 12.1 Å². The molecule has 126 valence electrons. The Morgan fingerprint density at radius 2 is 1.83 bits per heavy atom. The molecule has 0 spiro atoms. The molecule has 1 aromatic rings. The Balaban J connectivity index is 2.41. The third-order valence-corrected chi connectivity index (χ3v) is 2.90. The SMILES string of the molecule is C[C@H](NC(=O)OCc1ccccc1)C(=O)N[C@@H](CO)C(=O)NN. The Bertz CT molecular complexity index is 537. The molecule has 0 saturated carbocycles. The van der Waals surface area contributed by atoms with Gasteiger partial charge in [-0.3, -0.25) is 15.0 Å². The zero-order valence-electron chi connectivity index (χ0n) is 12.6. The molecule has 0 aromatic heterocycles. The van der Waals surface area contributed by atoms with Gasteiger partial charge >= 0.3 is 6.09 Å². The minimum Gasteiger partial charge on any atom is -0.445 e. The molecule has 0 bridgehead atoms. The Labute approximate surface area is 133 Å². The predicted octanol–water partition coefficient (Wildman–Crippen LogP) is -1.23. The number of carbonyl (C=O) groups excluding carboxylic acids is 3. The maximum Gasteiger partial charge on any atom is 0.408 e. The number of hydrogen-bond acceptors (Lipinski definition) is 6. The fraction of sp³-hybridized carbons (Fsp3) is 0.357. The molecule has 9 nitrogen and oxygen atoms in total. The quantitative estimate of drug-likeness (QED) is 0.241. The van der Waals surface area contributed by atoms with Gasteiger partial charge in [0.2, 0.25) is 5.91 Å². The number of hydrogen-bond donors (Lipinski definition) is 5. The molecule has 0 unspecified atom stereocenters. The molecular weight excluding hydrogens is 304 g/mol. The van der Waals surface area contributed by atoms with Crippen LogP contribution in [0.5, 0.6) is 0 Å². The lowest BCUT2D eigenvalue weighted by Crippen LogP contribution is -2.55. The zero-order valence-corrected chi connectivity index (χ0v) is 12.6. The van der Waals surface area contributed by atoms with Crippen LogP contribution in [-0.4, -0.2) is 41.7 Å². The summed E-state index contributed by atoms with van der Waals surface area (Å²) in [4.78, 5) is 34.7. The van der Waals surface area contributed by atoms with E-state index in [-0.39, 0.29) is 6.61 Å². The molecular formula is C14H20N4O5. The van der Waals surface area contributed by atoms with Crippen LogP contribution < -0.4 is 21.9 Å². The molecule has 2 atom stereocenters. The molecule has 0 radical (unpaired) electrons. The van der Waals surface area contributed by atoms with E-state index in [9.17, 15) is 14.4 Å². The Kier molecular flexibility index (Phi) is 7.51. The summed E-state index contributed by atoms with van der Waals surface area (Å²) in [5, 5.41) is 13.6. The van der Waals surface area contributed by atoms with Crippen LogP contribution in [-0.2, 0) is 20.9 Å². The number of ether oxygens (including phenoxy) is 1. The second-order valence-electron chi connectivity index (χ2n) is 4.68. The van der Waals surface area contributed by atoms with Gasteiger partial charge in [-0.05, 0) is 12.5 Å². The van der Waals surface area contributed by atoms with Crippen molar-refractivity contribution in [2.45, 2.75) is 25.6 Å². The second-order valence-corrected chi connectivity index (χ2v) is 4.68. The average molecular weight is 324 g/mol. The highest BCUT2D eigenvalue weighted by molar-refractivity contribution is 5.90. The van der Waals surface area contributed by atoms with Crippen molar-refractivity contribution in [2.75, 3.05) is 6.61 Å². The number of benzene rings is 1. The largest absolute Gasteiger partial charge is 0.445 e. The van der Waals surface area contributed by atoms with Gasteiger partial charge in [0.1, 0.15) is 18.7 Å². The molecule has 1 rings (SSSR count). The van der Waals surface area contributed by atoms with Crippen LogP contribution in [0.25, 0.3) is 0 Å². The molecule has 0 heterocycles. The van der Waals surface area contributed by atoms with Crippen molar-refractivity contribution in [1.82, 2.24) is 16.1 Å². The average Bonchev–Trinajstić information content (AvgIpc) is 2.57. The van der Waals surface area contributed by atoms with Gasteiger partial charge in [0.25, 0.3) is 5.91 Å². The summed E-state index contributed by atoms with van der Waals surface area (Å²) in [5.41, 5.74) is 2.62. The highest BCUT2D eigenvalue weighted by atomic mass is 16.5.